The number of rotatable bonds is 6. The minimum atomic E-state index is -3.88. The van der Waals surface area contributed by atoms with E-state index in [2.05, 4.69) is 10.0 Å². The molecule has 1 aromatic heterocycles. The maximum Gasteiger partial charge on any atom is 0.287 e. The van der Waals surface area contributed by atoms with E-state index in [9.17, 15) is 17.6 Å². The van der Waals surface area contributed by atoms with Gasteiger partial charge in [-0.25, -0.2) is 17.5 Å². The van der Waals surface area contributed by atoms with E-state index in [1.807, 2.05) is 0 Å². The molecule has 2 N–H and O–H groups in total. The van der Waals surface area contributed by atoms with Crippen molar-refractivity contribution in [2.24, 2.45) is 0 Å². The smallest absolute Gasteiger partial charge is 0.287 e. The maximum atomic E-state index is 12.9. The highest BCUT2D eigenvalue weighted by Gasteiger charge is 2.18. The molecule has 0 aliphatic heterocycles. The van der Waals surface area contributed by atoms with Gasteiger partial charge in [0.1, 0.15) is 10.7 Å². The first kappa shape index (κ1) is 16.5. The quantitative estimate of drug-likeness (QED) is 0.780. The highest BCUT2D eigenvalue weighted by molar-refractivity contribution is 7.89. The highest BCUT2D eigenvalue weighted by atomic mass is 35.5. The third-order valence-electron chi connectivity index (χ3n) is 2.63. The van der Waals surface area contributed by atoms with Gasteiger partial charge in [-0.15, -0.1) is 0 Å². The zero-order valence-corrected chi connectivity index (χ0v) is 12.7. The lowest BCUT2D eigenvalue weighted by Crippen LogP contribution is -2.34. The second-order valence-corrected chi connectivity index (χ2v) is 6.35. The van der Waals surface area contributed by atoms with Gasteiger partial charge in [-0.2, -0.15) is 0 Å². The fourth-order valence-corrected chi connectivity index (χ4v) is 3.19. The largest absolute Gasteiger partial charge is 0.459 e. The molecule has 0 saturated carbocycles. The number of carbonyl (C=O) groups excluding carboxylic acids is 1. The Morgan fingerprint density at radius 2 is 2.05 bits per heavy atom. The number of hydrogen-bond donors (Lipinski definition) is 2. The van der Waals surface area contributed by atoms with Gasteiger partial charge in [0.05, 0.1) is 11.3 Å². The van der Waals surface area contributed by atoms with Crippen LogP contribution in [0.3, 0.4) is 0 Å². The summed E-state index contributed by atoms with van der Waals surface area (Å²) in [6.07, 6.45) is 1.36. The molecule has 0 atom stereocenters. The Morgan fingerprint density at radius 3 is 2.68 bits per heavy atom. The summed E-state index contributed by atoms with van der Waals surface area (Å²) in [7, 11) is -3.88. The molecular formula is C13H12ClFN2O4S. The van der Waals surface area contributed by atoms with Crippen molar-refractivity contribution in [1.82, 2.24) is 10.0 Å². The molecule has 0 bridgehead atoms. The van der Waals surface area contributed by atoms with Crippen LogP contribution in [0.25, 0.3) is 0 Å². The number of furan rings is 1. The molecule has 9 heteroatoms. The van der Waals surface area contributed by atoms with Gasteiger partial charge in [-0.3, -0.25) is 4.79 Å². The Bertz CT molecular complexity index is 762. The molecule has 6 nitrogen and oxygen atoms in total. The normalized spacial score (nSPS) is 11.4. The third-order valence-corrected chi connectivity index (χ3v) is 4.58. The molecule has 118 valence electrons. The Balaban J connectivity index is 1.89. The van der Waals surface area contributed by atoms with Crippen LogP contribution >= 0.6 is 11.6 Å². The van der Waals surface area contributed by atoms with Gasteiger partial charge in [-0.05, 0) is 30.3 Å². The van der Waals surface area contributed by atoms with Crippen LogP contribution in [-0.2, 0) is 10.0 Å². The van der Waals surface area contributed by atoms with Crippen molar-refractivity contribution in [3.63, 3.8) is 0 Å². The van der Waals surface area contributed by atoms with Crippen molar-refractivity contribution in [3.05, 3.63) is 53.2 Å². The first-order chi connectivity index (χ1) is 10.4. The molecule has 0 aliphatic rings. The van der Waals surface area contributed by atoms with Crippen molar-refractivity contribution >= 4 is 27.5 Å². The van der Waals surface area contributed by atoms with Gasteiger partial charge in [0.25, 0.3) is 5.91 Å². The molecule has 2 rings (SSSR count). The van der Waals surface area contributed by atoms with Crippen molar-refractivity contribution in [1.29, 1.82) is 0 Å². The van der Waals surface area contributed by atoms with E-state index in [4.69, 9.17) is 16.0 Å². The van der Waals surface area contributed by atoms with Crippen molar-refractivity contribution in [2.45, 2.75) is 4.90 Å². The second kappa shape index (κ2) is 6.91. The van der Waals surface area contributed by atoms with Crippen molar-refractivity contribution in [2.75, 3.05) is 13.1 Å². The fourth-order valence-electron chi connectivity index (χ4n) is 1.63. The van der Waals surface area contributed by atoms with Crippen LogP contribution in [0.15, 0.2) is 45.9 Å². The zero-order valence-electron chi connectivity index (χ0n) is 11.2. The molecule has 0 saturated heterocycles. The van der Waals surface area contributed by atoms with Gasteiger partial charge in [0, 0.05) is 13.1 Å². The van der Waals surface area contributed by atoms with E-state index < -0.39 is 21.7 Å². The number of benzene rings is 1. The molecule has 0 aliphatic carbocycles. The Hall–Kier alpha value is -1.90. The van der Waals surface area contributed by atoms with Gasteiger partial charge in [0.2, 0.25) is 10.0 Å². The highest BCUT2D eigenvalue weighted by Crippen LogP contribution is 2.21. The molecule has 0 fully saturated rings. The van der Waals surface area contributed by atoms with Gasteiger partial charge in [-0.1, -0.05) is 11.6 Å². The monoisotopic (exact) mass is 346 g/mol. The van der Waals surface area contributed by atoms with Gasteiger partial charge < -0.3 is 9.73 Å². The SMILES string of the molecule is O=C(NCCNS(=O)(=O)c1ccc(F)cc1Cl)c1ccco1. The lowest BCUT2D eigenvalue weighted by Gasteiger charge is -2.08. The Labute approximate surface area is 131 Å². The van der Waals surface area contributed by atoms with E-state index in [1.54, 1.807) is 6.07 Å². The lowest BCUT2D eigenvalue weighted by atomic mass is 10.3. The van der Waals surface area contributed by atoms with Crippen molar-refractivity contribution in [3.8, 4) is 0 Å². The average molecular weight is 347 g/mol. The summed E-state index contributed by atoms with van der Waals surface area (Å²) >= 11 is 5.70. The first-order valence-electron chi connectivity index (χ1n) is 6.16. The fraction of sp³-hybridized carbons (Fsp3) is 0.154. The third kappa shape index (κ3) is 4.06. The number of carbonyl (C=O) groups is 1. The van der Waals surface area contributed by atoms with Gasteiger partial charge >= 0.3 is 0 Å². The molecule has 0 radical (unpaired) electrons. The van der Waals surface area contributed by atoms with E-state index in [0.717, 1.165) is 18.2 Å². The molecule has 1 amide bonds. The molecule has 1 aromatic carbocycles. The summed E-state index contributed by atoms with van der Waals surface area (Å²) in [4.78, 5) is 11.3. The topological polar surface area (TPSA) is 88.4 Å². The molecule has 0 spiro atoms. The summed E-state index contributed by atoms with van der Waals surface area (Å²) < 4.78 is 44.0. The minimum Gasteiger partial charge on any atom is -0.459 e. The summed E-state index contributed by atoms with van der Waals surface area (Å²) in [5, 5.41) is 2.26. The standard InChI is InChI=1S/C13H12ClFN2O4S/c14-10-8-9(15)3-4-12(10)22(19,20)17-6-5-16-13(18)11-2-1-7-21-11/h1-4,7-8,17H,5-6H2,(H,16,18). The van der Waals surface area contributed by atoms with Crippen LogP contribution < -0.4 is 10.0 Å². The second-order valence-electron chi connectivity index (χ2n) is 4.21. The predicted molar refractivity (Wildman–Crippen MR) is 77.6 cm³/mol. The molecular weight excluding hydrogens is 335 g/mol. The van der Waals surface area contributed by atoms with Crippen LogP contribution in [0.5, 0.6) is 0 Å². The van der Waals surface area contributed by atoms with Crippen LogP contribution in [0.2, 0.25) is 5.02 Å². The number of sulfonamides is 1. The molecule has 1 heterocycles. The minimum absolute atomic E-state index is 0.0531. The molecule has 22 heavy (non-hydrogen) atoms. The van der Waals surface area contributed by atoms with Crippen molar-refractivity contribution < 1.29 is 22.0 Å². The summed E-state index contributed by atoms with van der Waals surface area (Å²) in [6, 6.07) is 6.03. The number of nitrogens with one attached hydrogen (secondary N) is 2. The van der Waals surface area contributed by atoms with E-state index in [0.29, 0.717) is 0 Å². The first-order valence-corrected chi connectivity index (χ1v) is 8.03. The van der Waals surface area contributed by atoms with Crippen LogP contribution in [0.4, 0.5) is 4.39 Å². The van der Waals surface area contributed by atoms with Crippen LogP contribution in [0.1, 0.15) is 10.6 Å². The number of hydrogen-bond acceptors (Lipinski definition) is 4. The molecule has 0 unspecified atom stereocenters. The summed E-state index contributed by atoms with van der Waals surface area (Å²) in [5.41, 5.74) is 0. The predicted octanol–water partition coefficient (Wildman–Crippen LogP) is 1.78. The number of amides is 1. The van der Waals surface area contributed by atoms with E-state index >= 15 is 0 Å². The lowest BCUT2D eigenvalue weighted by molar-refractivity contribution is 0.0926. The summed E-state index contributed by atoms with van der Waals surface area (Å²) in [6.45, 7) is 0.0000638. The number of halogens is 2. The van der Waals surface area contributed by atoms with E-state index in [-0.39, 0.29) is 28.8 Å². The summed E-state index contributed by atoms with van der Waals surface area (Å²) in [5.74, 6) is -0.955. The molecule has 2 aromatic rings. The maximum absolute atomic E-state index is 12.9. The Morgan fingerprint density at radius 1 is 1.27 bits per heavy atom. The zero-order chi connectivity index (χ0) is 16.2. The van der Waals surface area contributed by atoms with Crippen LogP contribution in [-0.4, -0.2) is 27.4 Å². The van der Waals surface area contributed by atoms with Crippen LogP contribution in [0, 0.1) is 5.82 Å². The van der Waals surface area contributed by atoms with E-state index in [1.165, 1.54) is 12.3 Å². The average Bonchev–Trinajstić information content (AvgIpc) is 2.97. The Kier molecular flexibility index (Phi) is 5.17. The van der Waals surface area contributed by atoms with Gasteiger partial charge in [0.15, 0.2) is 5.76 Å².